The van der Waals surface area contributed by atoms with Gasteiger partial charge in [-0.3, -0.25) is 0 Å². The van der Waals surface area contributed by atoms with Gasteiger partial charge in [-0.15, -0.1) is 0 Å². The van der Waals surface area contributed by atoms with Crippen molar-refractivity contribution in [3.63, 3.8) is 0 Å². The molecule has 106 valence electrons. The lowest BCUT2D eigenvalue weighted by Crippen LogP contribution is -2.24. The molecule has 2 rings (SSSR count). The van der Waals surface area contributed by atoms with Crippen molar-refractivity contribution in [2.24, 2.45) is 10.2 Å². The third kappa shape index (κ3) is 3.39. The molecule has 0 saturated heterocycles. The summed E-state index contributed by atoms with van der Waals surface area (Å²) in [6.45, 7) is 2.04. The van der Waals surface area contributed by atoms with Crippen LogP contribution in [0.2, 0.25) is 0 Å². The molecule has 1 aliphatic heterocycles. The predicted octanol–water partition coefficient (Wildman–Crippen LogP) is 4.05. The Bertz CT molecular complexity index is 575. The van der Waals surface area contributed by atoms with Crippen molar-refractivity contribution in [2.45, 2.75) is 13.1 Å². The van der Waals surface area contributed by atoms with Crippen molar-refractivity contribution < 1.29 is 0 Å². The molecule has 20 heavy (non-hydrogen) atoms. The number of rotatable bonds is 3. The van der Waals surface area contributed by atoms with Gasteiger partial charge in [0.15, 0.2) is 6.17 Å². The van der Waals surface area contributed by atoms with Gasteiger partial charge in [0, 0.05) is 33.0 Å². The van der Waals surface area contributed by atoms with Gasteiger partial charge in [0.25, 0.3) is 0 Å². The third-order valence-corrected chi connectivity index (χ3v) is 3.38. The Hall–Kier alpha value is -1.81. The molecule has 1 atom stereocenters. The van der Waals surface area contributed by atoms with Crippen LogP contribution < -0.4 is 4.90 Å². The molecule has 4 nitrogen and oxygen atoms in total. The maximum atomic E-state index is 5.92. The van der Waals surface area contributed by atoms with E-state index in [1.165, 1.54) is 0 Å². The summed E-state index contributed by atoms with van der Waals surface area (Å²) in [6, 6.07) is 6.13. The zero-order valence-corrected chi connectivity index (χ0v) is 13.0. The second-order valence-electron chi connectivity index (χ2n) is 5.03. The Kier molecular flexibility index (Phi) is 4.45. The normalized spacial score (nSPS) is 18.6. The van der Waals surface area contributed by atoms with Crippen molar-refractivity contribution in [3.05, 3.63) is 47.1 Å². The number of likely N-dealkylation sites (N-methyl/N-ethyl adjacent to an activating group) is 1. The topological polar surface area (TPSA) is 31.2 Å². The van der Waals surface area contributed by atoms with Gasteiger partial charge in [0.1, 0.15) is 0 Å². The second kappa shape index (κ2) is 6.09. The summed E-state index contributed by atoms with van der Waals surface area (Å²) >= 11 is 5.92. The number of benzene rings is 1. The first-order chi connectivity index (χ1) is 9.47. The number of aryl methyl sites for hydroxylation is 1. The standard InChI is InChI=1S/C15H19ClN4/c1-11-9-13(19(2)3)6-7-14(11)17-18-15-8-5-12(16)10-20(15)4/h5-10,15H,1-4H3/b18-17+. The van der Waals surface area contributed by atoms with Gasteiger partial charge in [0.2, 0.25) is 0 Å². The minimum Gasteiger partial charge on any atom is -0.378 e. The van der Waals surface area contributed by atoms with E-state index in [0.29, 0.717) is 5.03 Å². The summed E-state index contributed by atoms with van der Waals surface area (Å²) in [4.78, 5) is 3.99. The summed E-state index contributed by atoms with van der Waals surface area (Å²) in [6.07, 6.45) is 5.50. The summed E-state index contributed by atoms with van der Waals surface area (Å²) < 4.78 is 0. The summed E-state index contributed by atoms with van der Waals surface area (Å²) in [5.41, 5.74) is 3.15. The van der Waals surface area contributed by atoms with Crippen molar-refractivity contribution in [2.75, 3.05) is 26.0 Å². The highest BCUT2D eigenvalue weighted by Gasteiger charge is 2.11. The highest BCUT2D eigenvalue weighted by molar-refractivity contribution is 6.31. The Morgan fingerprint density at radius 2 is 2.05 bits per heavy atom. The van der Waals surface area contributed by atoms with Crippen LogP contribution in [0.15, 0.2) is 51.8 Å². The quantitative estimate of drug-likeness (QED) is 0.786. The molecule has 5 heteroatoms. The van der Waals surface area contributed by atoms with Gasteiger partial charge >= 0.3 is 0 Å². The van der Waals surface area contributed by atoms with E-state index in [-0.39, 0.29) is 6.17 Å². The van der Waals surface area contributed by atoms with E-state index in [0.717, 1.165) is 16.9 Å². The number of anilines is 1. The van der Waals surface area contributed by atoms with Gasteiger partial charge in [-0.25, -0.2) is 0 Å². The zero-order valence-electron chi connectivity index (χ0n) is 12.2. The summed E-state index contributed by atoms with van der Waals surface area (Å²) in [5.74, 6) is 0. The molecule has 0 spiro atoms. The van der Waals surface area contributed by atoms with E-state index >= 15 is 0 Å². The summed E-state index contributed by atoms with van der Waals surface area (Å²) in [5, 5.41) is 9.40. The molecule has 1 heterocycles. The molecule has 1 unspecified atom stereocenters. The molecule has 1 aliphatic rings. The first kappa shape index (κ1) is 14.6. The van der Waals surface area contributed by atoms with Gasteiger partial charge in [0.05, 0.1) is 10.7 Å². The van der Waals surface area contributed by atoms with Crippen molar-refractivity contribution in [3.8, 4) is 0 Å². The van der Waals surface area contributed by atoms with E-state index in [4.69, 9.17) is 11.6 Å². The second-order valence-corrected chi connectivity index (χ2v) is 5.47. The first-order valence-electron chi connectivity index (χ1n) is 6.43. The van der Waals surface area contributed by atoms with Crippen molar-refractivity contribution in [1.82, 2.24) is 4.90 Å². The van der Waals surface area contributed by atoms with E-state index in [1.807, 2.05) is 63.5 Å². The number of hydrogen-bond acceptors (Lipinski definition) is 4. The van der Waals surface area contributed by atoms with Crippen LogP contribution in [0.3, 0.4) is 0 Å². The van der Waals surface area contributed by atoms with E-state index in [9.17, 15) is 0 Å². The average Bonchev–Trinajstić information content (AvgIpc) is 2.38. The molecule has 0 saturated carbocycles. The van der Waals surface area contributed by atoms with Gasteiger partial charge in [-0.05, 0) is 42.8 Å². The smallest absolute Gasteiger partial charge is 0.161 e. The molecule has 1 aromatic rings. The molecule has 0 bridgehead atoms. The average molecular weight is 291 g/mol. The van der Waals surface area contributed by atoms with Crippen LogP contribution in [0.5, 0.6) is 0 Å². The number of halogens is 1. The lowest BCUT2D eigenvalue weighted by molar-refractivity contribution is 0.379. The third-order valence-electron chi connectivity index (χ3n) is 3.15. The fourth-order valence-corrected chi connectivity index (χ4v) is 2.13. The molecule has 0 fully saturated rings. The van der Waals surface area contributed by atoms with E-state index in [2.05, 4.69) is 21.2 Å². The van der Waals surface area contributed by atoms with Crippen LogP contribution in [0.25, 0.3) is 0 Å². The molecule has 0 amide bonds. The molecular formula is C15H19ClN4. The lowest BCUT2D eigenvalue weighted by Gasteiger charge is -2.22. The van der Waals surface area contributed by atoms with Gasteiger partial charge in [-0.1, -0.05) is 11.6 Å². The molecule has 1 aromatic carbocycles. The van der Waals surface area contributed by atoms with Crippen LogP contribution in [-0.4, -0.2) is 32.2 Å². The maximum absolute atomic E-state index is 5.92. The molecular weight excluding hydrogens is 272 g/mol. The highest BCUT2D eigenvalue weighted by Crippen LogP contribution is 2.25. The fourth-order valence-electron chi connectivity index (χ4n) is 1.90. The SMILES string of the molecule is Cc1cc(N(C)C)ccc1/N=N/C1C=CC(Cl)=CN1C. The number of nitrogens with zero attached hydrogens (tertiary/aromatic N) is 4. The molecule has 0 aliphatic carbocycles. The molecule has 0 radical (unpaired) electrons. The molecule has 0 N–H and O–H groups in total. The first-order valence-corrected chi connectivity index (χ1v) is 6.81. The maximum Gasteiger partial charge on any atom is 0.161 e. The van der Waals surface area contributed by atoms with Crippen LogP contribution in [0.4, 0.5) is 11.4 Å². The van der Waals surface area contributed by atoms with E-state index < -0.39 is 0 Å². The lowest BCUT2D eigenvalue weighted by atomic mass is 10.2. The molecule has 0 aromatic heterocycles. The van der Waals surface area contributed by atoms with Crippen molar-refractivity contribution in [1.29, 1.82) is 0 Å². The Morgan fingerprint density at radius 1 is 1.30 bits per heavy atom. The number of azo groups is 1. The van der Waals surface area contributed by atoms with Crippen LogP contribution in [-0.2, 0) is 0 Å². The van der Waals surface area contributed by atoms with Crippen LogP contribution in [0, 0.1) is 6.92 Å². The Balaban J connectivity index is 2.14. The minimum absolute atomic E-state index is 0.106. The van der Waals surface area contributed by atoms with Crippen molar-refractivity contribution >= 4 is 23.0 Å². The summed E-state index contributed by atoms with van der Waals surface area (Å²) in [7, 11) is 5.97. The zero-order chi connectivity index (χ0) is 14.7. The monoisotopic (exact) mass is 290 g/mol. The Labute approximate surface area is 125 Å². The number of allylic oxidation sites excluding steroid dienone is 2. The largest absolute Gasteiger partial charge is 0.378 e. The fraction of sp³-hybridized carbons (Fsp3) is 0.333. The van der Waals surface area contributed by atoms with Gasteiger partial charge in [-0.2, -0.15) is 10.2 Å². The highest BCUT2D eigenvalue weighted by atomic mass is 35.5. The van der Waals surface area contributed by atoms with Crippen LogP contribution >= 0.6 is 11.6 Å². The Morgan fingerprint density at radius 3 is 2.65 bits per heavy atom. The minimum atomic E-state index is -0.106. The van der Waals surface area contributed by atoms with E-state index in [1.54, 1.807) is 0 Å². The number of hydrogen-bond donors (Lipinski definition) is 0. The predicted molar refractivity (Wildman–Crippen MR) is 84.6 cm³/mol. The van der Waals surface area contributed by atoms with Gasteiger partial charge < -0.3 is 9.80 Å². The van der Waals surface area contributed by atoms with Crippen LogP contribution in [0.1, 0.15) is 5.56 Å².